The van der Waals surface area contributed by atoms with Crippen molar-refractivity contribution < 1.29 is 9.90 Å². The van der Waals surface area contributed by atoms with Gasteiger partial charge in [-0.25, -0.2) is 0 Å². The van der Waals surface area contributed by atoms with Gasteiger partial charge in [0.2, 0.25) is 5.91 Å². The molecule has 0 bridgehead atoms. The van der Waals surface area contributed by atoms with Crippen LogP contribution in [0.4, 0.5) is 0 Å². The zero-order valence-electron chi connectivity index (χ0n) is 8.05. The van der Waals surface area contributed by atoms with Gasteiger partial charge in [0.25, 0.3) is 0 Å². The van der Waals surface area contributed by atoms with Gasteiger partial charge in [-0.05, 0) is 25.3 Å². The van der Waals surface area contributed by atoms with Crippen LogP contribution in [0, 0.1) is 5.92 Å². The number of hydrogen-bond acceptors (Lipinski definition) is 3. The third kappa shape index (κ3) is 3.32. The minimum atomic E-state index is -0.00843. The molecule has 1 unspecified atom stereocenters. The standard InChI is InChI=1S/C9H18N2O2/c1-7(6-12)5-11-9(13)8-3-2-4-10-8/h7-8,10,12H,2-6H2,1H3,(H,11,13)/t7?,8-/m1/s1. The predicted octanol–water partition coefficient (Wildman–Crippen LogP) is -0.517. The first-order valence-corrected chi connectivity index (χ1v) is 4.86. The molecule has 0 radical (unpaired) electrons. The molecule has 0 aromatic rings. The second kappa shape index (κ2) is 5.19. The molecule has 0 aromatic heterocycles. The van der Waals surface area contributed by atoms with Gasteiger partial charge >= 0.3 is 0 Å². The Morgan fingerprint density at radius 1 is 1.77 bits per heavy atom. The minimum absolute atomic E-state index is 0.00843. The quantitative estimate of drug-likeness (QED) is 0.554. The molecule has 2 atom stereocenters. The number of nitrogens with one attached hydrogen (secondary N) is 2. The Labute approximate surface area is 78.7 Å². The SMILES string of the molecule is CC(CO)CNC(=O)[C@H]1CCCN1. The summed E-state index contributed by atoms with van der Waals surface area (Å²) in [6, 6.07) is -0.00843. The van der Waals surface area contributed by atoms with Crippen molar-refractivity contribution in [1.29, 1.82) is 0 Å². The van der Waals surface area contributed by atoms with Gasteiger partial charge in [-0.1, -0.05) is 6.92 Å². The van der Waals surface area contributed by atoms with Gasteiger partial charge in [0.15, 0.2) is 0 Å². The maximum Gasteiger partial charge on any atom is 0.237 e. The van der Waals surface area contributed by atoms with E-state index in [9.17, 15) is 4.79 Å². The van der Waals surface area contributed by atoms with Crippen molar-refractivity contribution in [3.63, 3.8) is 0 Å². The van der Waals surface area contributed by atoms with Crippen LogP contribution < -0.4 is 10.6 Å². The summed E-state index contributed by atoms with van der Waals surface area (Å²) in [5, 5.41) is 14.7. The number of carbonyl (C=O) groups excluding carboxylic acids is 1. The molecule has 76 valence electrons. The Kier molecular flexibility index (Phi) is 4.18. The van der Waals surface area contributed by atoms with E-state index in [1.807, 2.05) is 6.92 Å². The van der Waals surface area contributed by atoms with E-state index in [0.717, 1.165) is 19.4 Å². The molecule has 13 heavy (non-hydrogen) atoms. The van der Waals surface area contributed by atoms with Crippen LogP contribution in [0.15, 0.2) is 0 Å². The lowest BCUT2D eigenvalue weighted by atomic mass is 10.2. The van der Waals surface area contributed by atoms with Crippen LogP contribution in [0.3, 0.4) is 0 Å². The van der Waals surface area contributed by atoms with Gasteiger partial charge < -0.3 is 15.7 Å². The van der Waals surface area contributed by atoms with E-state index >= 15 is 0 Å². The number of rotatable bonds is 4. The first-order valence-electron chi connectivity index (χ1n) is 4.86. The van der Waals surface area contributed by atoms with E-state index in [1.54, 1.807) is 0 Å². The third-order valence-electron chi connectivity index (χ3n) is 2.31. The summed E-state index contributed by atoms with van der Waals surface area (Å²) in [5.74, 6) is 0.211. The zero-order valence-corrected chi connectivity index (χ0v) is 8.05. The van der Waals surface area contributed by atoms with Crippen molar-refractivity contribution in [1.82, 2.24) is 10.6 Å². The normalized spacial score (nSPS) is 24.3. The summed E-state index contributed by atoms with van der Waals surface area (Å²) in [4.78, 5) is 11.4. The summed E-state index contributed by atoms with van der Waals surface area (Å²) in [6.07, 6.45) is 2.01. The lowest BCUT2D eigenvalue weighted by Crippen LogP contribution is -2.42. The van der Waals surface area contributed by atoms with Gasteiger partial charge in [-0.3, -0.25) is 4.79 Å². The number of aliphatic hydroxyl groups is 1. The van der Waals surface area contributed by atoms with Crippen LogP contribution in [-0.4, -0.2) is 36.8 Å². The fraction of sp³-hybridized carbons (Fsp3) is 0.889. The molecule has 1 rings (SSSR count). The summed E-state index contributed by atoms with van der Waals surface area (Å²) in [6.45, 7) is 3.53. The zero-order chi connectivity index (χ0) is 9.68. The maximum atomic E-state index is 11.4. The first-order chi connectivity index (χ1) is 6.24. The van der Waals surface area contributed by atoms with Crippen molar-refractivity contribution in [2.45, 2.75) is 25.8 Å². The average molecular weight is 186 g/mol. The topological polar surface area (TPSA) is 61.4 Å². The number of aliphatic hydroxyl groups excluding tert-OH is 1. The molecule has 1 amide bonds. The predicted molar refractivity (Wildman–Crippen MR) is 50.3 cm³/mol. The highest BCUT2D eigenvalue weighted by Crippen LogP contribution is 2.04. The Hall–Kier alpha value is -0.610. The second-order valence-corrected chi connectivity index (χ2v) is 3.68. The van der Waals surface area contributed by atoms with Crippen LogP contribution in [0.1, 0.15) is 19.8 Å². The number of hydrogen-bond donors (Lipinski definition) is 3. The molecule has 0 spiro atoms. The van der Waals surface area contributed by atoms with Crippen LogP contribution in [0.5, 0.6) is 0 Å². The highest BCUT2D eigenvalue weighted by Gasteiger charge is 2.21. The van der Waals surface area contributed by atoms with Gasteiger partial charge in [-0.2, -0.15) is 0 Å². The van der Waals surface area contributed by atoms with E-state index in [1.165, 1.54) is 0 Å². The molecule has 1 saturated heterocycles. The molecule has 0 aliphatic carbocycles. The lowest BCUT2D eigenvalue weighted by Gasteiger charge is -2.13. The summed E-state index contributed by atoms with van der Waals surface area (Å²) < 4.78 is 0. The Morgan fingerprint density at radius 3 is 3.08 bits per heavy atom. The molecule has 4 heteroatoms. The number of carbonyl (C=O) groups is 1. The van der Waals surface area contributed by atoms with E-state index < -0.39 is 0 Å². The van der Waals surface area contributed by atoms with Crippen molar-refractivity contribution in [2.75, 3.05) is 19.7 Å². The third-order valence-corrected chi connectivity index (χ3v) is 2.31. The largest absolute Gasteiger partial charge is 0.396 e. The first kappa shape index (κ1) is 10.5. The van der Waals surface area contributed by atoms with Gasteiger partial charge in [0, 0.05) is 13.2 Å². The van der Waals surface area contributed by atoms with Crippen molar-refractivity contribution >= 4 is 5.91 Å². The molecule has 3 N–H and O–H groups in total. The van der Waals surface area contributed by atoms with Crippen molar-refractivity contribution in [2.24, 2.45) is 5.92 Å². The molecule has 1 fully saturated rings. The summed E-state index contributed by atoms with van der Waals surface area (Å²) in [7, 11) is 0. The molecular weight excluding hydrogens is 168 g/mol. The molecule has 4 nitrogen and oxygen atoms in total. The lowest BCUT2D eigenvalue weighted by molar-refractivity contribution is -0.123. The van der Waals surface area contributed by atoms with Crippen LogP contribution in [0.25, 0.3) is 0 Å². The monoisotopic (exact) mass is 186 g/mol. The van der Waals surface area contributed by atoms with E-state index in [4.69, 9.17) is 5.11 Å². The Bertz CT molecular complexity index is 167. The average Bonchev–Trinajstić information content (AvgIpc) is 2.66. The van der Waals surface area contributed by atoms with Crippen LogP contribution >= 0.6 is 0 Å². The fourth-order valence-corrected chi connectivity index (χ4v) is 1.37. The molecule has 0 aromatic carbocycles. The highest BCUT2D eigenvalue weighted by atomic mass is 16.3. The van der Waals surface area contributed by atoms with Crippen LogP contribution in [0.2, 0.25) is 0 Å². The van der Waals surface area contributed by atoms with Crippen molar-refractivity contribution in [3.8, 4) is 0 Å². The number of amides is 1. The molecular formula is C9H18N2O2. The Balaban J connectivity index is 2.16. The van der Waals surface area contributed by atoms with E-state index in [-0.39, 0.29) is 24.5 Å². The van der Waals surface area contributed by atoms with E-state index in [0.29, 0.717) is 6.54 Å². The smallest absolute Gasteiger partial charge is 0.237 e. The highest BCUT2D eigenvalue weighted by molar-refractivity contribution is 5.81. The Morgan fingerprint density at radius 2 is 2.54 bits per heavy atom. The van der Waals surface area contributed by atoms with Crippen molar-refractivity contribution in [3.05, 3.63) is 0 Å². The van der Waals surface area contributed by atoms with E-state index in [2.05, 4.69) is 10.6 Å². The second-order valence-electron chi connectivity index (χ2n) is 3.68. The maximum absolute atomic E-state index is 11.4. The summed E-state index contributed by atoms with van der Waals surface area (Å²) >= 11 is 0. The van der Waals surface area contributed by atoms with Crippen LogP contribution in [-0.2, 0) is 4.79 Å². The van der Waals surface area contributed by atoms with Gasteiger partial charge in [0.1, 0.15) is 0 Å². The molecule has 1 aliphatic heterocycles. The molecule has 0 saturated carbocycles. The molecule has 1 heterocycles. The fourth-order valence-electron chi connectivity index (χ4n) is 1.37. The minimum Gasteiger partial charge on any atom is -0.396 e. The molecule has 1 aliphatic rings. The van der Waals surface area contributed by atoms with Gasteiger partial charge in [0.05, 0.1) is 6.04 Å². The summed E-state index contributed by atoms with van der Waals surface area (Å²) in [5.41, 5.74) is 0. The van der Waals surface area contributed by atoms with Gasteiger partial charge in [-0.15, -0.1) is 0 Å².